The minimum Gasteiger partial charge on any atom is -0.489 e. The molecule has 0 fully saturated rings. The minimum absolute atomic E-state index is 0.0464. The lowest BCUT2D eigenvalue weighted by molar-refractivity contribution is 0.168. The first-order valence-electron chi connectivity index (χ1n) is 7.25. The second kappa shape index (κ2) is 7.48. The molecule has 2 rings (SSSR count). The number of aromatic nitrogens is 2. The summed E-state index contributed by atoms with van der Waals surface area (Å²) in [5, 5.41) is 8.67. The van der Waals surface area contributed by atoms with Crippen LogP contribution in [-0.4, -0.2) is 22.4 Å². The fraction of sp³-hybridized carbons (Fsp3) is 0.438. The number of halogens is 1. The number of nitrogens with zero attached hydrogens (tertiary/aromatic N) is 2. The summed E-state index contributed by atoms with van der Waals surface area (Å²) in [6, 6.07) is 9.53. The van der Waals surface area contributed by atoms with Gasteiger partial charge in [0.15, 0.2) is 0 Å². The van der Waals surface area contributed by atoms with Gasteiger partial charge in [-0.25, -0.2) is 0 Å². The third-order valence-corrected chi connectivity index (χ3v) is 3.49. The largest absolute Gasteiger partial charge is 0.489 e. The van der Waals surface area contributed by atoms with Crippen molar-refractivity contribution in [2.75, 3.05) is 6.54 Å². The number of ether oxygens (including phenoxy) is 1. The van der Waals surface area contributed by atoms with E-state index in [0.717, 1.165) is 24.4 Å². The van der Waals surface area contributed by atoms with Crippen LogP contribution in [0.25, 0.3) is 0 Å². The zero-order valence-corrected chi connectivity index (χ0v) is 13.5. The van der Waals surface area contributed by atoms with Gasteiger partial charge in [-0.1, -0.05) is 24.6 Å². The van der Waals surface area contributed by atoms with Crippen LogP contribution in [0, 0.1) is 0 Å². The molecule has 0 aliphatic rings. The lowest BCUT2D eigenvalue weighted by atomic mass is 10.1. The van der Waals surface area contributed by atoms with Crippen LogP contribution < -0.4 is 10.1 Å². The number of rotatable bonds is 7. The second-order valence-electron chi connectivity index (χ2n) is 5.13. The van der Waals surface area contributed by atoms with Gasteiger partial charge in [-0.05, 0) is 44.2 Å². The van der Waals surface area contributed by atoms with Gasteiger partial charge in [0.2, 0.25) is 0 Å². The smallest absolute Gasteiger partial charge is 0.121 e. The average Bonchev–Trinajstić information content (AvgIpc) is 2.85. The lowest BCUT2D eigenvalue weighted by Gasteiger charge is -2.24. The number of hydrogen-bond donors (Lipinski definition) is 1. The van der Waals surface area contributed by atoms with Gasteiger partial charge in [-0.15, -0.1) is 0 Å². The molecular weight excluding hydrogens is 286 g/mol. The van der Waals surface area contributed by atoms with E-state index in [4.69, 9.17) is 16.3 Å². The van der Waals surface area contributed by atoms with Crippen molar-refractivity contribution in [1.29, 1.82) is 0 Å². The summed E-state index contributed by atoms with van der Waals surface area (Å²) in [6.45, 7) is 5.11. The molecule has 0 aliphatic carbocycles. The zero-order chi connectivity index (χ0) is 15.2. The molecule has 4 nitrogen and oxygen atoms in total. The van der Waals surface area contributed by atoms with Gasteiger partial charge in [0.25, 0.3) is 0 Å². The Balaban J connectivity index is 2.12. The molecule has 5 heteroatoms. The summed E-state index contributed by atoms with van der Waals surface area (Å²) >= 11 is 6.00. The predicted octanol–water partition coefficient (Wildman–Crippen LogP) is 3.58. The Bertz CT molecular complexity index is 570. The molecule has 114 valence electrons. The number of nitrogens with one attached hydrogen (secondary N) is 1. The van der Waals surface area contributed by atoms with Crippen molar-refractivity contribution in [3.63, 3.8) is 0 Å². The topological polar surface area (TPSA) is 39.1 Å². The highest BCUT2D eigenvalue weighted by Gasteiger charge is 2.22. The van der Waals surface area contributed by atoms with Crippen LogP contribution in [0.3, 0.4) is 0 Å². The Morgan fingerprint density at radius 3 is 2.81 bits per heavy atom. The van der Waals surface area contributed by atoms with Crippen molar-refractivity contribution in [3.8, 4) is 5.75 Å². The molecule has 1 N–H and O–H groups in total. The quantitative estimate of drug-likeness (QED) is 0.850. The van der Waals surface area contributed by atoms with Crippen LogP contribution in [0.4, 0.5) is 0 Å². The number of benzene rings is 1. The predicted molar refractivity (Wildman–Crippen MR) is 85.8 cm³/mol. The lowest BCUT2D eigenvalue weighted by Crippen LogP contribution is -2.34. The first kappa shape index (κ1) is 15.9. The maximum atomic E-state index is 6.02. The van der Waals surface area contributed by atoms with Gasteiger partial charge in [-0.3, -0.25) is 4.68 Å². The summed E-state index contributed by atoms with van der Waals surface area (Å²) in [5.74, 6) is 0.772. The van der Waals surface area contributed by atoms with Crippen LogP contribution in [-0.2, 0) is 7.05 Å². The molecule has 0 amide bonds. The molecule has 1 aromatic carbocycles. The van der Waals surface area contributed by atoms with Crippen LogP contribution in [0.15, 0.2) is 36.5 Å². The van der Waals surface area contributed by atoms with E-state index in [1.807, 2.05) is 55.2 Å². The van der Waals surface area contributed by atoms with Crippen molar-refractivity contribution in [1.82, 2.24) is 15.1 Å². The summed E-state index contributed by atoms with van der Waals surface area (Å²) in [6.07, 6.45) is 2.96. The minimum atomic E-state index is -0.0510. The summed E-state index contributed by atoms with van der Waals surface area (Å²) in [7, 11) is 1.92. The van der Waals surface area contributed by atoms with Gasteiger partial charge in [0.05, 0.1) is 11.7 Å². The fourth-order valence-corrected chi connectivity index (χ4v) is 2.41. The summed E-state index contributed by atoms with van der Waals surface area (Å²) in [4.78, 5) is 0. The van der Waals surface area contributed by atoms with Gasteiger partial charge in [-0.2, -0.15) is 5.10 Å². The molecule has 0 radical (unpaired) electrons. The molecule has 2 atom stereocenters. The monoisotopic (exact) mass is 307 g/mol. The Morgan fingerprint density at radius 1 is 1.38 bits per heavy atom. The molecule has 0 spiro atoms. The normalized spacial score (nSPS) is 13.9. The standard InChI is InChI=1S/C16H22ClN3O/c1-4-9-18-16(15-8-10-20(3)19-15)12(2)21-14-7-5-6-13(17)11-14/h5-8,10-12,16,18H,4,9H2,1-3H3. The number of hydrogen-bond acceptors (Lipinski definition) is 3. The van der Waals surface area contributed by atoms with E-state index in [1.165, 1.54) is 0 Å². The Morgan fingerprint density at radius 2 is 2.19 bits per heavy atom. The fourth-order valence-electron chi connectivity index (χ4n) is 2.23. The molecule has 2 aromatic rings. The zero-order valence-electron chi connectivity index (χ0n) is 12.7. The Kier molecular flexibility index (Phi) is 5.65. The molecule has 0 saturated heterocycles. The van der Waals surface area contributed by atoms with E-state index in [9.17, 15) is 0 Å². The van der Waals surface area contributed by atoms with Crippen LogP contribution in [0.5, 0.6) is 5.75 Å². The van der Waals surface area contributed by atoms with E-state index in [-0.39, 0.29) is 12.1 Å². The highest BCUT2D eigenvalue weighted by Crippen LogP contribution is 2.23. The third kappa shape index (κ3) is 4.48. The van der Waals surface area contributed by atoms with E-state index in [2.05, 4.69) is 17.3 Å². The summed E-state index contributed by atoms with van der Waals surface area (Å²) in [5.41, 5.74) is 0.987. The maximum absolute atomic E-state index is 6.02. The molecule has 0 aliphatic heterocycles. The molecule has 2 unspecified atom stereocenters. The first-order chi connectivity index (χ1) is 10.1. The van der Waals surface area contributed by atoms with Crippen LogP contribution >= 0.6 is 11.6 Å². The Labute approximate surface area is 131 Å². The molecule has 1 aromatic heterocycles. The molecular formula is C16H22ClN3O. The average molecular weight is 308 g/mol. The highest BCUT2D eigenvalue weighted by atomic mass is 35.5. The van der Waals surface area contributed by atoms with Gasteiger partial charge in [0.1, 0.15) is 11.9 Å². The van der Waals surface area contributed by atoms with E-state index in [0.29, 0.717) is 5.02 Å². The summed E-state index contributed by atoms with van der Waals surface area (Å²) < 4.78 is 7.83. The Hall–Kier alpha value is -1.52. The van der Waals surface area contributed by atoms with Crippen molar-refractivity contribution >= 4 is 11.6 Å². The SMILES string of the molecule is CCCNC(c1ccn(C)n1)C(C)Oc1cccc(Cl)c1. The highest BCUT2D eigenvalue weighted by molar-refractivity contribution is 6.30. The number of aryl methyl sites for hydroxylation is 1. The van der Waals surface area contributed by atoms with Gasteiger partial charge < -0.3 is 10.1 Å². The van der Waals surface area contributed by atoms with Crippen molar-refractivity contribution in [2.24, 2.45) is 7.05 Å². The van der Waals surface area contributed by atoms with Crippen molar-refractivity contribution in [3.05, 3.63) is 47.2 Å². The molecule has 0 bridgehead atoms. The maximum Gasteiger partial charge on any atom is 0.121 e. The molecule has 1 heterocycles. The molecule has 0 saturated carbocycles. The first-order valence-corrected chi connectivity index (χ1v) is 7.63. The third-order valence-electron chi connectivity index (χ3n) is 3.25. The second-order valence-corrected chi connectivity index (χ2v) is 5.56. The van der Waals surface area contributed by atoms with Gasteiger partial charge >= 0.3 is 0 Å². The van der Waals surface area contributed by atoms with E-state index < -0.39 is 0 Å². The van der Waals surface area contributed by atoms with Gasteiger partial charge in [0, 0.05) is 18.3 Å². The van der Waals surface area contributed by atoms with E-state index in [1.54, 1.807) is 0 Å². The van der Waals surface area contributed by atoms with Crippen LogP contribution in [0.2, 0.25) is 5.02 Å². The van der Waals surface area contributed by atoms with E-state index >= 15 is 0 Å². The van der Waals surface area contributed by atoms with Crippen LogP contribution in [0.1, 0.15) is 32.0 Å². The van der Waals surface area contributed by atoms with Crippen molar-refractivity contribution in [2.45, 2.75) is 32.4 Å². The molecule has 21 heavy (non-hydrogen) atoms. The van der Waals surface area contributed by atoms with Crippen molar-refractivity contribution < 1.29 is 4.74 Å².